The van der Waals surface area contributed by atoms with E-state index in [0.717, 1.165) is 16.9 Å². The van der Waals surface area contributed by atoms with Gasteiger partial charge in [0.05, 0.1) is 16.1 Å². The fourth-order valence-corrected chi connectivity index (χ4v) is 3.92. The Hall–Kier alpha value is 0.110. The molecule has 1 N–H and O–H groups in total. The zero-order valence-corrected chi connectivity index (χ0v) is 11.5. The first-order valence-corrected chi connectivity index (χ1v) is 7.09. The summed E-state index contributed by atoms with van der Waals surface area (Å²) < 4.78 is 0. The topological polar surface area (TPSA) is 20.2 Å². The summed E-state index contributed by atoms with van der Waals surface area (Å²) >= 11 is 13.9. The third-order valence-corrected chi connectivity index (χ3v) is 5.43. The average Bonchev–Trinajstić information content (AvgIpc) is 2.23. The van der Waals surface area contributed by atoms with Crippen LogP contribution in [0.25, 0.3) is 0 Å². The highest BCUT2D eigenvalue weighted by Gasteiger charge is 2.32. The number of hydrogen-bond donors (Lipinski definition) is 1. The van der Waals surface area contributed by atoms with Crippen LogP contribution in [0, 0.1) is 5.92 Å². The number of thioether (sulfide) groups is 1. The SMILES string of the molecule is CC(C)C1SCc2c(ccc(Cl)c2Cl)C1O. The fourth-order valence-electron chi connectivity index (χ4n) is 2.04. The van der Waals surface area contributed by atoms with E-state index in [2.05, 4.69) is 13.8 Å². The average molecular weight is 277 g/mol. The molecule has 0 saturated heterocycles. The van der Waals surface area contributed by atoms with E-state index in [1.54, 1.807) is 17.8 Å². The maximum atomic E-state index is 10.3. The van der Waals surface area contributed by atoms with Gasteiger partial charge in [0.1, 0.15) is 0 Å². The second-order valence-corrected chi connectivity index (χ2v) is 6.35. The van der Waals surface area contributed by atoms with Crippen molar-refractivity contribution in [2.75, 3.05) is 0 Å². The Morgan fingerprint density at radius 1 is 1.38 bits per heavy atom. The molecular weight excluding hydrogens is 263 g/mol. The number of fused-ring (bicyclic) bond motifs is 1. The summed E-state index contributed by atoms with van der Waals surface area (Å²) in [5.41, 5.74) is 1.93. The van der Waals surface area contributed by atoms with Crippen LogP contribution in [0.2, 0.25) is 10.0 Å². The van der Waals surface area contributed by atoms with Crippen molar-refractivity contribution in [3.05, 3.63) is 33.3 Å². The summed E-state index contributed by atoms with van der Waals surface area (Å²) in [6, 6.07) is 3.66. The summed E-state index contributed by atoms with van der Waals surface area (Å²) in [6.45, 7) is 4.26. The molecule has 16 heavy (non-hydrogen) atoms. The van der Waals surface area contributed by atoms with Gasteiger partial charge in [-0.05, 0) is 23.1 Å². The lowest BCUT2D eigenvalue weighted by Gasteiger charge is -2.32. The standard InChI is InChI=1S/C12H14Cl2OS/c1-6(2)12-11(15)7-3-4-9(13)10(14)8(7)5-16-12/h3-4,6,11-12,15H,5H2,1-2H3. The number of hydrogen-bond acceptors (Lipinski definition) is 2. The zero-order valence-electron chi connectivity index (χ0n) is 9.21. The molecule has 0 saturated carbocycles. The molecule has 0 bridgehead atoms. The van der Waals surface area contributed by atoms with Crippen molar-refractivity contribution in [2.45, 2.75) is 31.0 Å². The van der Waals surface area contributed by atoms with Gasteiger partial charge in [0.25, 0.3) is 0 Å². The first kappa shape index (κ1) is 12.6. The smallest absolute Gasteiger partial charge is 0.0914 e. The van der Waals surface area contributed by atoms with Gasteiger partial charge in [0, 0.05) is 11.0 Å². The maximum Gasteiger partial charge on any atom is 0.0914 e. The highest BCUT2D eigenvalue weighted by atomic mass is 35.5. The van der Waals surface area contributed by atoms with Gasteiger partial charge in [-0.1, -0.05) is 43.1 Å². The second kappa shape index (κ2) is 4.77. The fraction of sp³-hybridized carbons (Fsp3) is 0.500. The molecule has 0 radical (unpaired) electrons. The largest absolute Gasteiger partial charge is 0.387 e. The lowest BCUT2D eigenvalue weighted by atomic mass is 9.95. The molecule has 1 aromatic carbocycles. The molecule has 1 aromatic rings. The number of aliphatic hydroxyl groups is 1. The Morgan fingerprint density at radius 3 is 2.69 bits per heavy atom. The predicted molar refractivity (Wildman–Crippen MR) is 71.3 cm³/mol. The number of halogens is 2. The summed E-state index contributed by atoms with van der Waals surface area (Å²) in [6.07, 6.45) is -0.441. The van der Waals surface area contributed by atoms with Crippen molar-refractivity contribution < 1.29 is 5.11 Å². The molecule has 0 spiro atoms. The minimum absolute atomic E-state index is 0.241. The molecule has 1 heterocycles. The Bertz CT molecular complexity index is 406. The van der Waals surface area contributed by atoms with Crippen LogP contribution in [0.15, 0.2) is 12.1 Å². The van der Waals surface area contributed by atoms with Gasteiger partial charge in [-0.25, -0.2) is 0 Å². The normalized spacial score (nSPS) is 24.6. The summed E-state index contributed by atoms with van der Waals surface area (Å²) in [4.78, 5) is 0. The molecular formula is C12H14Cl2OS. The van der Waals surface area contributed by atoms with E-state index < -0.39 is 6.10 Å². The lowest BCUT2D eigenvalue weighted by molar-refractivity contribution is 0.156. The van der Waals surface area contributed by atoms with Crippen LogP contribution in [-0.4, -0.2) is 10.4 Å². The first-order valence-electron chi connectivity index (χ1n) is 5.28. The van der Waals surface area contributed by atoms with Crippen molar-refractivity contribution in [1.82, 2.24) is 0 Å². The van der Waals surface area contributed by atoms with Gasteiger partial charge < -0.3 is 5.11 Å². The zero-order chi connectivity index (χ0) is 11.9. The number of aliphatic hydroxyl groups excluding tert-OH is 1. The van der Waals surface area contributed by atoms with Crippen LogP contribution in [0.4, 0.5) is 0 Å². The van der Waals surface area contributed by atoms with Gasteiger partial charge in [0.15, 0.2) is 0 Å². The summed E-state index contributed by atoms with van der Waals surface area (Å²) in [5, 5.41) is 11.7. The molecule has 1 aliphatic rings. The minimum Gasteiger partial charge on any atom is -0.387 e. The van der Waals surface area contributed by atoms with E-state index >= 15 is 0 Å². The Morgan fingerprint density at radius 2 is 2.06 bits per heavy atom. The van der Waals surface area contributed by atoms with Crippen molar-refractivity contribution in [3.63, 3.8) is 0 Å². The van der Waals surface area contributed by atoms with Gasteiger partial charge in [0.2, 0.25) is 0 Å². The molecule has 4 heteroatoms. The third-order valence-electron chi connectivity index (χ3n) is 2.94. The first-order chi connectivity index (χ1) is 7.52. The van der Waals surface area contributed by atoms with Crippen LogP contribution in [-0.2, 0) is 5.75 Å². The molecule has 1 aliphatic heterocycles. The monoisotopic (exact) mass is 276 g/mol. The maximum absolute atomic E-state index is 10.3. The van der Waals surface area contributed by atoms with Gasteiger partial charge in [-0.15, -0.1) is 0 Å². The highest BCUT2D eigenvalue weighted by Crippen LogP contribution is 2.44. The Kier molecular flexibility index (Phi) is 3.75. The molecule has 0 aliphatic carbocycles. The van der Waals surface area contributed by atoms with Crippen molar-refractivity contribution in [3.8, 4) is 0 Å². The van der Waals surface area contributed by atoms with E-state index in [0.29, 0.717) is 16.0 Å². The van der Waals surface area contributed by atoms with E-state index in [9.17, 15) is 5.11 Å². The molecule has 2 atom stereocenters. The number of benzene rings is 1. The third kappa shape index (κ3) is 2.08. The molecule has 2 unspecified atom stereocenters. The van der Waals surface area contributed by atoms with Crippen molar-refractivity contribution in [1.29, 1.82) is 0 Å². The van der Waals surface area contributed by atoms with E-state index in [1.807, 2.05) is 6.07 Å². The molecule has 88 valence electrons. The van der Waals surface area contributed by atoms with Crippen molar-refractivity contribution in [2.24, 2.45) is 5.92 Å². The van der Waals surface area contributed by atoms with Crippen LogP contribution in [0.3, 0.4) is 0 Å². The predicted octanol–water partition coefficient (Wildman–Crippen LogP) is 4.30. The lowest BCUT2D eigenvalue weighted by Crippen LogP contribution is -2.26. The highest BCUT2D eigenvalue weighted by molar-refractivity contribution is 7.99. The van der Waals surface area contributed by atoms with Crippen LogP contribution in [0.5, 0.6) is 0 Å². The van der Waals surface area contributed by atoms with Gasteiger partial charge >= 0.3 is 0 Å². The summed E-state index contributed by atoms with van der Waals surface area (Å²) in [5.74, 6) is 1.27. The minimum atomic E-state index is -0.441. The molecule has 0 fully saturated rings. The van der Waals surface area contributed by atoms with E-state index in [-0.39, 0.29) is 5.25 Å². The van der Waals surface area contributed by atoms with Crippen LogP contribution >= 0.6 is 35.0 Å². The quantitative estimate of drug-likeness (QED) is 0.826. The van der Waals surface area contributed by atoms with Crippen LogP contribution < -0.4 is 0 Å². The summed E-state index contributed by atoms with van der Waals surface area (Å²) in [7, 11) is 0. The van der Waals surface area contributed by atoms with Crippen molar-refractivity contribution >= 4 is 35.0 Å². The Labute approximate surface area is 110 Å². The van der Waals surface area contributed by atoms with E-state index in [4.69, 9.17) is 23.2 Å². The van der Waals surface area contributed by atoms with Gasteiger partial charge in [-0.3, -0.25) is 0 Å². The Balaban J connectivity index is 2.43. The van der Waals surface area contributed by atoms with Gasteiger partial charge in [-0.2, -0.15) is 11.8 Å². The molecule has 0 amide bonds. The second-order valence-electron chi connectivity index (χ2n) is 4.39. The van der Waals surface area contributed by atoms with E-state index in [1.165, 1.54) is 0 Å². The molecule has 0 aromatic heterocycles. The van der Waals surface area contributed by atoms with Crippen LogP contribution in [0.1, 0.15) is 31.1 Å². The number of rotatable bonds is 1. The molecule has 1 nitrogen and oxygen atoms in total. The molecule has 2 rings (SSSR count).